The normalized spacial score (nSPS) is 19.1. The number of hydrogen-bond acceptors (Lipinski definition) is 2. The van der Waals surface area contributed by atoms with Gasteiger partial charge in [-0.3, -0.25) is 4.68 Å². The lowest BCUT2D eigenvalue weighted by molar-refractivity contribution is 0.283. The fraction of sp³-hybridized carbons (Fsp3) is 0.833. The lowest BCUT2D eigenvalue weighted by Crippen LogP contribution is -2.39. The molecular weight excluding hydrogens is 258 g/mol. The quantitative estimate of drug-likeness (QED) is 0.817. The molecular formula is C18H33N3. The smallest absolute Gasteiger partial charge is 0.0522 e. The van der Waals surface area contributed by atoms with Crippen LogP contribution in [0.25, 0.3) is 0 Å². The van der Waals surface area contributed by atoms with E-state index in [0.29, 0.717) is 6.04 Å². The number of rotatable bonds is 7. The van der Waals surface area contributed by atoms with Crippen LogP contribution in [0.3, 0.4) is 0 Å². The van der Waals surface area contributed by atoms with E-state index in [4.69, 9.17) is 0 Å². The fourth-order valence-corrected chi connectivity index (χ4v) is 3.56. The summed E-state index contributed by atoms with van der Waals surface area (Å²) in [6.07, 6.45) is 16.6. The average Bonchev–Trinajstić information content (AvgIpc) is 2.91. The second-order valence-electron chi connectivity index (χ2n) is 6.57. The summed E-state index contributed by atoms with van der Waals surface area (Å²) in [7, 11) is 0. The molecule has 1 aromatic heterocycles. The van der Waals surface area contributed by atoms with Crippen LogP contribution in [0.5, 0.6) is 0 Å². The molecule has 0 spiro atoms. The second-order valence-corrected chi connectivity index (χ2v) is 6.57. The van der Waals surface area contributed by atoms with Crippen molar-refractivity contribution in [2.75, 3.05) is 6.54 Å². The van der Waals surface area contributed by atoms with Gasteiger partial charge in [0.25, 0.3) is 0 Å². The monoisotopic (exact) mass is 291 g/mol. The summed E-state index contributed by atoms with van der Waals surface area (Å²) in [5, 5.41) is 8.26. The van der Waals surface area contributed by atoms with Gasteiger partial charge in [0.1, 0.15) is 0 Å². The minimum Gasteiger partial charge on any atom is -0.313 e. The van der Waals surface area contributed by atoms with E-state index in [1.165, 1.54) is 56.9 Å². The molecule has 0 radical (unpaired) electrons. The van der Waals surface area contributed by atoms with E-state index in [1.54, 1.807) is 0 Å². The van der Waals surface area contributed by atoms with Crippen molar-refractivity contribution in [1.29, 1.82) is 0 Å². The summed E-state index contributed by atoms with van der Waals surface area (Å²) in [6.45, 7) is 6.52. The van der Waals surface area contributed by atoms with Crippen molar-refractivity contribution in [1.82, 2.24) is 15.1 Å². The molecule has 0 bridgehead atoms. The van der Waals surface area contributed by atoms with Gasteiger partial charge in [0, 0.05) is 18.8 Å². The Bertz CT molecular complexity index is 378. The summed E-state index contributed by atoms with van der Waals surface area (Å²) in [5.41, 5.74) is 1.40. The number of nitrogens with one attached hydrogen (secondary N) is 1. The zero-order valence-electron chi connectivity index (χ0n) is 14.0. The molecule has 3 heteroatoms. The molecule has 21 heavy (non-hydrogen) atoms. The standard InChI is InChI=1S/C18H33N3/c1-3-12-19-18(13-16-14-20-21(4-2)15-16)17-10-8-6-5-7-9-11-17/h14-15,17-19H,3-13H2,1-2H3. The van der Waals surface area contributed by atoms with Crippen LogP contribution in [-0.4, -0.2) is 22.4 Å². The predicted molar refractivity (Wildman–Crippen MR) is 89.5 cm³/mol. The maximum absolute atomic E-state index is 4.44. The van der Waals surface area contributed by atoms with Crippen molar-refractivity contribution < 1.29 is 0 Å². The topological polar surface area (TPSA) is 29.9 Å². The maximum atomic E-state index is 4.44. The van der Waals surface area contributed by atoms with Crippen LogP contribution in [0.15, 0.2) is 12.4 Å². The molecule has 0 aliphatic heterocycles. The van der Waals surface area contributed by atoms with E-state index in [0.717, 1.165) is 25.4 Å². The first-order valence-electron chi connectivity index (χ1n) is 9.08. The third kappa shape index (κ3) is 5.46. The highest BCUT2D eigenvalue weighted by Crippen LogP contribution is 2.26. The molecule has 1 fully saturated rings. The SMILES string of the molecule is CCCNC(Cc1cnn(CC)c1)C1CCCCCCC1. The van der Waals surface area contributed by atoms with Crippen LogP contribution < -0.4 is 5.32 Å². The van der Waals surface area contributed by atoms with Crippen molar-refractivity contribution in [3.63, 3.8) is 0 Å². The highest BCUT2D eigenvalue weighted by molar-refractivity contribution is 5.07. The van der Waals surface area contributed by atoms with E-state index in [9.17, 15) is 0 Å². The molecule has 120 valence electrons. The van der Waals surface area contributed by atoms with Crippen molar-refractivity contribution >= 4 is 0 Å². The molecule has 0 aromatic carbocycles. The Balaban J connectivity index is 1.97. The second kappa shape index (κ2) is 9.24. The van der Waals surface area contributed by atoms with Crippen LogP contribution in [0.4, 0.5) is 0 Å². The first-order valence-corrected chi connectivity index (χ1v) is 9.08. The Morgan fingerprint density at radius 1 is 1.19 bits per heavy atom. The van der Waals surface area contributed by atoms with Gasteiger partial charge in [-0.05, 0) is 50.6 Å². The molecule has 1 unspecified atom stereocenters. The number of aromatic nitrogens is 2. The van der Waals surface area contributed by atoms with Crippen LogP contribution in [-0.2, 0) is 13.0 Å². The Morgan fingerprint density at radius 3 is 2.52 bits per heavy atom. The summed E-state index contributed by atoms with van der Waals surface area (Å²) >= 11 is 0. The van der Waals surface area contributed by atoms with Gasteiger partial charge in [-0.2, -0.15) is 5.10 Å². The molecule has 0 saturated heterocycles. The van der Waals surface area contributed by atoms with Gasteiger partial charge in [0.05, 0.1) is 6.20 Å². The Morgan fingerprint density at radius 2 is 1.90 bits per heavy atom. The van der Waals surface area contributed by atoms with Gasteiger partial charge in [-0.1, -0.05) is 39.0 Å². The Hall–Kier alpha value is -0.830. The van der Waals surface area contributed by atoms with Crippen molar-refractivity contribution in [2.45, 2.75) is 84.2 Å². The minimum absolute atomic E-state index is 0.637. The molecule has 1 atom stereocenters. The van der Waals surface area contributed by atoms with Gasteiger partial charge in [-0.25, -0.2) is 0 Å². The highest BCUT2D eigenvalue weighted by atomic mass is 15.3. The van der Waals surface area contributed by atoms with Gasteiger partial charge in [0.2, 0.25) is 0 Å². The molecule has 1 aliphatic rings. The maximum Gasteiger partial charge on any atom is 0.0522 e. The van der Waals surface area contributed by atoms with Gasteiger partial charge < -0.3 is 5.32 Å². The number of hydrogen-bond donors (Lipinski definition) is 1. The van der Waals surface area contributed by atoms with Gasteiger partial charge >= 0.3 is 0 Å². The van der Waals surface area contributed by atoms with E-state index >= 15 is 0 Å². The Kier molecular flexibility index (Phi) is 7.28. The number of nitrogens with zero attached hydrogens (tertiary/aromatic N) is 2. The van der Waals surface area contributed by atoms with E-state index in [1.807, 2.05) is 4.68 Å². The van der Waals surface area contributed by atoms with Gasteiger partial charge in [0.15, 0.2) is 0 Å². The van der Waals surface area contributed by atoms with Crippen molar-refractivity contribution in [3.05, 3.63) is 18.0 Å². The zero-order chi connectivity index (χ0) is 14.9. The molecule has 2 rings (SSSR count). The fourth-order valence-electron chi connectivity index (χ4n) is 3.56. The van der Waals surface area contributed by atoms with E-state index in [-0.39, 0.29) is 0 Å². The largest absolute Gasteiger partial charge is 0.313 e. The van der Waals surface area contributed by atoms with Crippen LogP contribution in [0, 0.1) is 5.92 Å². The lowest BCUT2D eigenvalue weighted by atomic mass is 9.83. The summed E-state index contributed by atoms with van der Waals surface area (Å²) < 4.78 is 2.05. The van der Waals surface area contributed by atoms with Crippen LogP contribution in [0.1, 0.15) is 70.8 Å². The first kappa shape index (κ1) is 16.5. The van der Waals surface area contributed by atoms with E-state index < -0.39 is 0 Å². The third-order valence-corrected chi connectivity index (χ3v) is 4.84. The highest BCUT2D eigenvalue weighted by Gasteiger charge is 2.22. The molecule has 1 saturated carbocycles. The predicted octanol–water partition coefficient (Wildman–Crippen LogP) is 4.17. The molecule has 1 heterocycles. The average molecular weight is 291 g/mol. The van der Waals surface area contributed by atoms with Crippen molar-refractivity contribution in [3.8, 4) is 0 Å². The van der Waals surface area contributed by atoms with Gasteiger partial charge in [-0.15, -0.1) is 0 Å². The number of aryl methyl sites for hydroxylation is 1. The lowest BCUT2D eigenvalue weighted by Gasteiger charge is -2.29. The summed E-state index contributed by atoms with van der Waals surface area (Å²) in [6, 6.07) is 0.637. The molecule has 1 N–H and O–H groups in total. The molecule has 1 aliphatic carbocycles. The summed E-state index contributed by atoms with van der Waals surface area (Å²) in [4.78, 5) is 0. The first-order chi connectivity index (χ1) is 10.3. The van der Waals surface area contributed by atoms with Crippen LogP contribution >= 0.6 is 0 Å². The van der Waals surface area contributed by atoms with Crippen LogP contribution in [0.2, 0.25) is 0 Å². The van der Waals surface area contributed by atoms with E-state index in [2.05, 4.69) is 36.7 Å². The molecule has 1 aromatic rings. The third-order valence-electron chi connectivity index (χ3n) is 4.84. The molecule has 0 amide bonds. The Labute approximate surface area is 130 Å². The minimum atomic E-state index is 0.637. The van der Waals surface area contributed by atoms with Crippen molar-refractivity contribution in [2.24, 2.45) is 5.92 Å². The summed E-state index contributed by atoms with van der Waals surface area (Å²) in [5.74, 6) is 0.849. The zero-order valence-corrected chi connectivity index (χ0v) is 14.0. The molecule has 3 nitrogen and oxygen atoms in total.